The summed E-state index contributed by atoms with van der Waals surface area (Å²) in [5, 5.41) is 6.69. The van der Waals surface area contributed by atoms with E-state index in [1.807, 2.05) is 6.92 Å². The number of pyridine rings is 1. The van der Waals surface area contributed by atoms with Crippen molar-refractivity contribution in [1.82, 2.24) is 14.6 Å². The summed E-state index contributed by atoms with van der Waals surface area (Å²) in [6, 6.07) is 1.61. The van der Waals surface area contributed by atoms with Gasteiger partial charge in [0, 0.05) is 6.20 Å². The van der Waals surface area contributed by atoms with Crippen molar-refractivity contribution >= 4 is 5.65 Å². The molecular formula is C9H8F3N3. The zero-order valence-corrected chi connectivity index (χ0v) is 8.13. The summed E-state index contributed by atoms with van der Waals surface area (Å²) in [6.07, 6.45) is -3.14. The molecule has 2 aromatic rings. The number of aromatic nitrogens is 3. The van der Waals surface area contributed by atoms with Gasteiger partial charge in [0.25, 0.3) is 0 Å². The molecule has 15 heavy (non-hydrogen) atoms. The zero-order valence-electron chi connectivity index (χ0n) is 8.13. The van der Waals surface area contributed by atoms with Gasteiger partial charge in [0.2, 0.25) is 5.82 Å². The molecule has 3 nitrogen and oxygen atoms in total. The summed E-state index contributed by atoms with van der Waals surface area (Å²) < 4.78 is 38.3. The molecule has 0 unspecified atom stereocenters. The second kappa shape index (κ2) is 2.95. The van der Waals surface area contributed by atoms with E-state index in [9.17, 15) is 13.2 Å². The van der Waals surface area contributed by atoms with Crippen molar-refractivity contribution in [3.63, 3.8) is 0 Å². The molecule has 0 aliphatic heterocycles. The Morgan fingerprint density at radius 3 is 2.47 bits per heavy atom. The topological polar surface area (TPSA) is 30.2 Å². The predicted molar refractivity (Wildman–Crippen MR) is 47.5 cm³/mol. The SMILES string of the molecule is Cc1ccn2c(C(F)(F)F)nnc2c1C. The van der Waals surface area contributed by atoms with Crippen LogP contribution in [0.2, 0.25) is 0 Å². The molecule has 0 atom stereocenters. The minimum Gasteiger partial charge on any atom is -0.279 e. The van der Waals surface area contributed by atoms with Gasteiger partial charge in [-0.05, 0) is 31.0 Å². The van der Waals surface area contributed by atoms with Gasteiger partial charge < -0.3 is 0 Å². The smallest absolute Gasteiger partial charge is 0.279 e. The maximum Gasteiger partial charge on any atom is 0.452 e. The van der Waals surface area contributed by atoms with Gasteiger partial charge in [0.1, 0.15) is 0 Å². The van der Waals surface area contributed by atoms with Crippen LogP contribution in [0.15, 0.2) is 12.3 Å². The summed E-state index contributed by atoms with van der Waals surface area (Å²) in [6.45, 7) is 3.54. The summed E-state index contributed by atoms with van der Waals surface area (Å²) in [7, 11) is 0. The highest BCUT2D eigenvalue weighted by atomic mass is 19.4. The summed E-state index contributed by atoms with van der Waals surface area (Å²) >= 11 is 0. The number of aryl methyl sites for hydroxylation is 2. The lowest BCUT2D eigenvalue weighted by Crippen LogP contribution is -2.10. The van der Waals surface area contributed by atoms with Crippen molar-refractivity contribution in [2.45, 2.75) is 20.0 Å². The minimum absolute atomic E-state index is 0.252. The first-order valence-electron chi connectivity index (χ1n) is 4.29. The number of fused-ring (bicyclic) bond motifs is 1. The Bertz CT molecular complexity index is 513. The van der Waals surface area contributed by atoms with E-state index in [0.717, 1.165) is 9.96 Å². The van der Waals surface area contributed by atoms with Gasteiger partial charge in [0.15, 0.2) is 5.65 Å². The third kappa shape index (κ3) is 1.45. The number of halogens is 3. The van der Waals surface area contributed by atoms with Gasteiger partial charge in [-0.3, -0.25) is 4.40 Å². The Labute approximate surface area is 83.5 Å². The van der Waals surface area contributed by atoms with E-state index in [-0.39, 0.29) is 5.65 Å². The lowest BCUT2D eigenvalue weighted by atomic mass is 10.2. The molecule has 0 saturated heterocycles. The maximum absolute atomic E-state index is 12.5. The second-order valence-corrected chi connectivity index (χ2v) is 3.34. The van der Waals surface area contributed by atoms with Crippen LogP contribution < -0.4 is 0 Å². The van der Waals surface area contributed by atoms with Gasteiger partial charge in [-0.15, -0.1) is 10.2 Å². The van der Waals surface area contributed by atoms with Gasteiger partial charge in [-0.1, -0.05) is 0 Å². The number of alkyl halides is 3. The van der Waals surface area contributed by atoms with E-state index < -0.39 is 12.0 Å². The zero-order chi connectivity index (χ0) is 11.2. The van der Waals surface area contributed by atoms with Crippen LogP contribution in [0.4, 0.5) is 13.2 Å². The van der Waals surface area contributed by atoms with Crippen LogP contribution in [-0.4, -0.2) is 14.6 Å². The van der Waals surface area contributed by atoms with Crippen molar-refractivity contribution in [2.24, 2.45) is 0 Å². The Hall–Kier alpha value is -1.59. The number of hydrogen-bond acceptors (Lipinski definition) is 2. The Morgan fingerprint density at radius 2 is 1.87 bits per heavy atom. The minimum atomic E-state index is -4.47. The van der Waals surface area contributed by atoms with E-state index in [4.69, 9.17) is 0 Å². The van der Waals surface area contributed by atoms with Gasteiger partial charge in [-0.25, -0.2) is 0 Å². The lowest BCUT2D eigenvalue weighted by molar-refractivity contribution is -0.145. The molecule has 0 aliphatic rings. The van der Waals surface area contributed by atoms with E-state index >= 15 is 0 Å². The van der Waals surface area contributed by atoms with Crippen LogP contribution in [0, 0.1) is 13.8 Å². The molecule has 2 aromatic heterocycles. The molecule has 0 radical (unpaired) electrons. The van der Waals surface area contributed by atoms with Crippen LogP contribution in [0.3, 0.4) is 0 Å². The number of rotatable bonds is 0. The third-order valence-corrected chi connectivity index (χ3v) is 2.35. The third-order valence-electron chi connectivity index (χ3n) is 2.35. The fraction of sp³-hybridized carbons (Fsp3) is 0.333. The largest absolute Gasteiger partial charge is 0.452 e. The molecule has 0 saturated carbocycles. The van der Waals surface area contributed by atoms with Gasteiger partial charge in [-0.2, -0.15) is 13.2 Å². The molecule has 2 heterocycles. The van der Waals surface area contributed by atoms with E-state index in [2.05, 4.69) is 10.2 Å². The van der Waals surface area contributed by atoms with Crippen LogP contribution in [0.1, 0.15) is 17.0 Å². The quantitative estimate of drug-likeness (QED) is 0.675. The van der Waals surface area contributed by atoms with Crippen LogP contribution in [0.25, 0.3) is 5.65 Å². The average Bonchev–Trinajstić information content (AvgIpc) is 2.54. The number of nitrogens with zero attached hydrogens (tertiary/aromatic N) is 3. The van der Waals surface area contributed by atoms with Crippen LogP contribution in [-0.2, 0) is 6.18 Å². The van der Waals surface area contributed by atoms with Crippen molar-refractivity contribution in [2.75, 3.05) is 0 Å². The highest BCUT2D eigenvalue weighted by Crippen LogP contribution is 2.28. The van der Waals surface area contributed by atoms with Crippen LogP contribution >= 0.6 is 0 Å². The van der Waals surface area contributed by atoms with Crippen LogP contribution in [0.5, 0.6) is 0 Å². The molecule has 6 heteroatoms. The number of hydrogen-bond donors (Lipinski definition) is 0. The fourth-order valence-corrected chi connectivity index (χ4v) is 1.37. The first-order chi connectivity index (χ1) is 6.91. The second-order valence-electron chi connectivity index (χ2n) is 3.34. The van der Waals surface area contributed by atoms with E-state index in [1.165, 1.54) is 6.20 Å². The summed E-state index contributed by atoms with van der Waals surface area (Å²) in [5.41, 5.74) is 1.85. The standard InChI is InChI=1S/C9H8F3N3/c1-5-3-4-15-7(6(5)2)13-14-8(15)9(10,11)12/h3-4H,1-2H3. The highest BCUT2D eigenvalue weighted by molar-refractivity contribution is 5.50. The van der Waals surface area contributed by atoms with E-state index in [0.29, 0.717) is 5.56 Å². The lowest BCUT2D eigenvalue weighted by Gasteiger charge is -2.05. The molecule has 0 aliphatic carbocycles. The first kappa shape index (κ1) is 9.95. The van der Waals surface area contributed by atoms with Crippen molar-refractivity contribution in [3.8, 4) is 0 Å². The van der Waals surface area contributed by atoms with Crippen molar-refractivity contribution < 1.29 is 13.2 Å². The van der Waals surface area contributed by atoms with Gasteiger partial charge >= 0.3 is 6.18 Å². The fourth-order valence-electron chi connectivity index (χ4n) is 1.37. The van der Waals surface area contributed by atoms with Crippen molar-refractivity contribution in [3.05, 3.63) is 29.2 Å². The predicted octanol–water partition coefficient (Wildman–Crippen LogP) is 2.36. The maximum atomic E-state index is 12.5. The van der Waals surface area contributed by atoms with Crippen molar-refractivity contribution in [1.29, 1.82) is 0 Å². The first-order valence-corrected chi connectivity index (χ1v) is 4.29. The molecule has 0 N–H and O–H groups in total. The molecule has 80 valence electrons. The summed E-state index contributed by atoms with van der Waals surface area (Å²) in [5.74, 6) is -0.986. The monoisotopic (exact) mass is 215 g/mol. The molecule has 0 aromatic carbocycles. The summed E-state index contributed by atoms with van der Waals surface area (Å²) in [4.78, 5) is 0. The Morgan fingerprint density at radius 1 is 1.20 bits per heavy atom. The normalized spacial score (nSPS) is 12.3. The Balaban J connectivity index is 2.78. The molecule has 0 bridgehead atoms. The van der Waals surface area contributed by atoms with E-state index in [1.54, 1.807) is 13.0 Å². The molecule has 0 amide bonds. The Kier molecular flexibility index (Phi) is 1.95. The molecule has 2 rings (SSSR count). The molecular weight excluding hydrogens is 207 g/mol. The van der Waals surface area contributed by atoms with Gasteiger partial charge in [0.05, 0.1) is 0 Å². The molecule has 0 fully saturated rings. The highest BCUT2D eigenvalue weighted by Gasteiger charge is 2.37. The molecule has 0 spiro atoms. The average molecular weight is 215 g/mol.